The summed E-state index contributed by atoms with van der Waals surface area (Å²) in [6.45, 7) is -0.270. The molecule has 9 nitrogen and oxygen atoms in total. The third-order valence-electron chi connectivity index (χ3n) is 5.54. The Labute approximate surface area is 216 Å². The van der Waals surface area contributed by atoms with Gasteiger partial charge in [-0.3, -0.25) is 14.2 Å². The van der Waals surface area contributed by atoms with Crippen LogP contribution in [0.25, 0.3) is 16.6 Å². The van der Waals surface area contributed by atoms with Crippen molar-refractivity contribution in [2.24, 2.45) is 0 Å². The van der Waals surface area contributed by atoms with Gasteiger partial charge in [-0.05, 0) is 54.6 Å². The summed E-state index contributed by atoms with van der Waals surface area (Å²) in [4.78, 5) is 50.2. The van der Waals surface area contributed by atoms with Crippen molar-refractivity contribution in [1.29, 1.82) is 0 Å². The average Bonchev–Trinajstić information content (AvgIpc) is 2.92. The van der Waals surface area contributed by atoms with Gasteiger partial charge in [0, 0.05) is 21.7 Å². The van der Waals surface area contributed by atoms with E-state index in [1.54, 1.807) is 47.0 Å². The second-order valence-corrected chi connectivity index (χ2v) is 8.19. The van der Waals surface area contributed by atoms with Gasteiger partial charge in [-0.15, -0.1) is 0 Å². The molecule has 10 heteroatoms. The van der Waals surface area contributed by atoms with Crippen molar-refractivity contribution in [2.45, 2.75) is 6.54 Å². The molecule has 0 fully saturated rings. The Kier molecular flexibility index (Phi) is 7.55. The van der Waals surface area contributed by atoms with Crippen LogP contribution in [0, 0.1) is 0 Å². The molecule has 3 aromatic carbocycles. The average molecular weight is 521 g/mol. The lowest BCUT2D eigenvalue weighted by Crippen LogP contribution is -2.29. The summed E-state index contributed by atoms with van der Waals surface area (Å²) in [6, 6.07) is 19.5. The van der Waals surface area contributed by atoms with Gasteiger partial charge in [0.2, 0.25) is 5.88 Å². The topological polar surface area (TPSA) is 113 Å². The van der Waals surface area contributed by atoms with Gasteiger partial charge in [-0.2, -0.15) is 0 Å². The third-order valence-corrected chi connectivity index (χ3v) is 5.77. The van der Waals surface area contributed by atoms with E-state index in [9.17, 15) is 19.2 Å². The minimum atomic E-state index is -1.04. The van der Waals surface area contributed by atoms with E-state index in [2.05, 4.69) is 14.8 Å². The molecule has 0 spiro atoms. The molecule has 0 bridgehead atoms. The largest absolute Gasteiger partial charge is 0.514 e. The van der Waals surface area contributed by atoms with Crippen LogP contribution in [0.4, 0.5) is 4.79 Å². The number of aromatic nitrogens is 1. The summed E-state index contributed by atoms with van der Waals surface area (Å²) >= 11 is 6.23. The lowest BCUT2D eigenvalue weighted by molar-refractivity contribution is 0.0600. The number of ether oxygens (including phenoxy) is 3. The standard InChI is InChI=1S/C27H21ClN2O7/c1-35-26(33)17-10-8-16(9-11-17)24(32)29-15-21-23(31)20-13-12-18(28)14-22(20)30(19-6-4-3-5-7-19)25(21)37-27(34)36-2/h3-14H,15H2,1-2H3,(H,29,32). The Morgan fingerprint density at radius 2 is 1.57 bits per heavy atom. The molecule has 4 aromatic rings. The molecule has 0 saturated carbocycles. The first kappa shape index (κ1) is 25.5. The second kappa shape index (κ2) is 11.0. The quantitative estimate of drug-likeness (QED) is 0.372. The maximum Gasteiger partial charge on any atom is 0.514 e. The van der Waals surface area contributed by atoms with E-state index < -0.39 is 23.5 Å². The smallest absolute Gasteiger partial charge is 0.465 e. The highest BCUT2D eigenvalue weighted by molar-refractivity contribution is 6.31. The van der Waals surface area contributed by atoms with Crippen LogP contribution in [-0.4, -0.2) is 36.8 Å². The second-order valence-electron chi connectivity index (χ2n) is 7.75. The molecule has 1 aromatic heterocycles. The van der Waals surface area contributed by atoms with Crippen LogP contribution >= 0.6 is 11.6 Å². The maximum absolute atomic E-state index is 13.5. The number of nitrogens with zero attached hydrogens (tertiary/aromatic N) is 1. The van der Waals surface area contributed by atoms with Crippen molar-refractivity contribution in [1.82, 2.24) is 9.88 Å². The first-order chi connectivity index (χ1) is 17.8. The zero-order valence-electron chi connectivity index (χ0n) is 19.8. The molecular formula is C27H21ClN2O7. The molecule has 0 aliphatic carbocycles. The van der Waals surface area contributed by atoms with Crippen LogP contribution in [0.5, 0.6) is 5.88 Å². The fourth-order valence-corrected chi connectivity index (χ4v) is 3.92. The predicted octanol–water partition coefficient (Wildman–Crippen LogP) is 4.51. The van der Waals surface area contributed by atoms with E-state index >= 15 is 0 Å². The van der Waals surface area contributed by atoms with Crippen LogP contribution in [0.1, 0.15) is 26.3 Å². The van der Waals surface area contributed by atoms with Crippen molar-refractivity contribution in [3.05, 3.63) is 105 Å². The highest BCUT2D eigenvalue weighted by Gasteiger charge is 2.23. The molecule has 1 N–H and O–H groups in total. The van der Waals surface area contributed by atoms with Crippen LogP contribution in [-0.2, 0) is 16.0 Å². The lowest BCUT2D eigenvalue weighted by atomic mass is 10.1. The Morgan fingerprint density at radius 3 is 2.22 bits per heavy atom. The van der Waals surface area contributed by atoms with Gasteiger partial charge in [0.1, 0.15) is 0 Å². The van der Waals surface area contributed by atoms with E-state index in [1.807, 2.05) is 6.07 Å². The summed E-state index contributed by atoms with van der Waals surface area (Å²) in [6.07, 6.45) is -1.04. The number of nitrogens with one attached hydrogen (secondary N) is 1. The molecule has 1 heterocycles. The van der Waals surface area contributed by atoms with Gasteiger partial charge in [0.15, 0.2) is 5.43 Å². The monoisotopic (exact) mass is 520 g/mol. The number of amides is 1. The van der Waals surface area contributed by atoms with Gasteiger partial charge in [-0.25, -0.2) is 9.59 Å². The summed E-state index contributed by atoms with van der Waals surface area (Å²) in [5, 5.41) is 3.35. The minimum Gasteiger partial charge on any atom is -0.465 e. The molecule has 0 unspecified atom stereocenters. The molecular weight excluding hydrogens is 500 g/mol. The van der Waals surface area contributed by atoms with Crippen molar-refractivity contribution >= 4 is 40.5 Å². The Morgan fingerprint density at radius 1 is 0.892 bits per heavy atom. The number of hydrogen-bond acceptors (Lipinski definition) is 7. The Hall–Kier alpha value is -4.63. The van der Waals surface area contributed by atoms with Crippen molar-refractivity contribution in [3.63, 3.8) is 0 Å². The van der Waals surface area contributed by atoms with E-state index in [-0.39, 0.29) is 29.1 Å². The normalized spacial score (nSPS) is 10.6. The van der Waals surface area contributed by atoms with Crippen LogP contribution in [0.15, 0.2) is 77.6 Å². The summed E-state index contributed by atoms with van der Waals surface area (Å²) in [5.41, 5.74) is 1.07. The van der Waals surface area contributed by atoms with Crippen LogP contribution < -0.4 is 15.5 Å². The Bertz CT molecular complexity index is 1550. The summed E-state index contributed by atoms with van der Waals surface area (Å²) in [7, 11) is 2.40. The highest BCUT2D eigenvalue weighted by Crippen LogP contribution is 2.29. The molecule has 4 rings (SSSR count). The van der Waals surface area contributed by atoms with Gasteiger partial charge in [-0.1, -0.05) is 29.8 Å². The molecule has 37 heavy (non-hydrogen) atoms. The van der Waals surface area contributed by atoms with Gasteiger partial charge >= 0.3 is 12.1 Å². The van der Waals surface area contributed by atoms with Crippen molar-refractivity contribution < 1.29 is 28.6 Å². The number of rotatable bonds is 6. The number of pyridine rings is 1. The molecule has 0 atom stereocenters. The molecule has 0 aliphatic rings. The molecule has 0 saturated heterocycles. The highest BCUT2D eigenvalue weighted by atomic mass is 35.5. The van der Waals surface area contributed by atoms with E-state index in [1.165, 1.54) is 31.4 Å². The van der Waals surface area contributed by atoms with Gasteiger partial charge in [0.25, 0.3) is 5.91 Å². The number of esters is 1. The SMILES string of the molecule is COC(=O)Oc1c(CNC(=O)c2ccc(C(=O)OC)cc2)c(=O)c2ccc(Cl)cc2n1-c1ccccc1. The number of methoxy groups -OCH3 is 2. The predicted molar refractivity (Wildman–Crippen MR) is 137 cm³/mol. The zero-order chi connectivity index (χ0) is 26.5. The van der Waals surface area contributed by atoms with Gasteiger partial charge < -0.3 is 19.5 Å². The molecule has 0 aliphatic heterocycles. The van der Waals surface area contributed by atoms with E-state index in [4.69, 9.17) is 16.3 Å². The number of carbonyl (C=O) groups is 3. The molecule has 1 amide bonds. The zero-order valence-corrected chi connectivity index (χ0v) is 20.6. The van der Waals surface area contributed by atoms with E-state index in [0.29, 0.717) is 21.6 Å². The minimum absolute atomic E-state index is 0.0172. The number of hydrogen-bond donors (Lipinski definition) is 1. The number of benzene rings is 3. The first-order valence-electron chi connectivity index (χ1n) is 11.0. The molecule has 0 radical (unpaired) electrons. The van der Waals surface area contributed by atoms with Crippen LogP contribution in [0.2, 0.25) is 5.02 Å². The van der Waals surface area contributed by atoms with E-state index in [0.717, 1.165) is 7.11 Å². The Balaban J connectivity index is 1.81. The number of fused-ring (bicyclic) bond motifs is 1. The van der Waals surface area contributed by atoms with Gasteiger partial charge in [0.05, 0.1) is 37.4 Å². The maximum atomic E-state index is 13.5. The fraction of sp³-hybridized carbons (Fsp3) is 0.111. The number of para-hydroxylation sites is 1. The van der Waals surface area contributed by atoms with Crippen molar-refractivity contribution in [3.8, 4) is 11.6 Å². The number of halogens is 1. The number of carbonyl (C=O) groups excluding carboxylic acids is 3. The lowest BCUT2D eigenvalue weighted by Gasteiger charge is -2.20. The van der Waals surface area contributed by atoms with Crippen molar-refractivity contribution in [2.75, 3.05) is 14.2 Å². The van der Waals surface area contributed by atoms with Crippen LogP contribution in [0.3, 0.4) is 0 Å². The fourth-order valence-electron chi connectivity index (χ4n) is 3.75. The first-order valence-corrected chi connectivity index (χ1v) is 11.4. The molecule has 188 valence electrons. The summed E-state index contributed by atoms with van der Waals surface area (Å²) < 4.78 is 16.4. The third kappa shape index (κ3) is 5.31. The summed E-state index contributed by atoms with van der Waals surface area (Å²) in [5.74, 6) is -1.17.